The number of amides is 1. The number of carbonyl (C=O) groups excluding carboxylic acids is 1. The van der Waals surface area contributed by atoms with Gasteiger partial charge in [-0.1, -0.05) is 18.2 Å². The molecule has 11 heteroatoms. The fourth-order valence-electron chi connectivity index (χ4n) is 5.58. The van der Waals surface area contributed by atoms with Crippen LogP contribution in [0.1, 0.15) is 18.9 Å². The first-order chi connectivity index (χ1) is 20.5. The number of fused-ring (bicyclic) bond motifs is 1. The van der Waals surface area contributed by atoms with E-state index < -0.39 is 0 Å². The average Bonchev–Trinajstić information content (AvgIpc) is 3.52. The summed E-state index contributed by atoms with van der Waals surface area (Å²) in [7, 11) is 5.78. The van der Waals surface area contributed by atoms with Crippen LogP contribution in [0.15, 0.2) is 65.7 Å². The molecule has 0 atom stereocenters. The summed E-state index contributed by atoms with van der Waals surface area (Å²) < 4.78 is 13.8. The number of oxazole rings is 1. The third-order valence-electron chi connectivity index (χ3n) is 8.10. The Morgan fingerprint density at radius 3 is 2.64 bits per heavy atom. The highest BCUT2D eigenvalue weighted by molar-refractivity contribution is 5.98. The SMILES string of the molecule is COc1cc(N2CC(N(C)C)C2)c(NC=O)cc1Nc1ncc(-c2ncco2)c(-c2cn(C3CC3)c3ccccc23)n1. The molecule has 42 heavy (non-hydrogen) atoms. The fourth-order valence-corrected chi connectivity index (χ4v) is 5.58. The quantitative estimate of drug-likeness (QED) is 0.222. The minimum absolute atomic E-state index is 0.378. The number of rotatable bonds is 10. The number of methoxy groups -OCH3 is 1. The van der Waals surface area contributed by atoms with E-state index in [4.69, 9.17) is 14.1 Å². The normalized spacial score (nSPS) is 15.2. The maximum absolute atomic E-state index is 11.5. The summed E-state index contributed by atoms with van der Waals surface area (Å²) in [6.45, 7) is 1.72. The molecule has 0 radical (unpaired) electrons. The molecule has 11 nitrogen and oxygen atoms in total. The molecule has 0 spiro atoms. The maximum atomic E-state index is 11.5. The Morgan fingerprint density at radius 1 is 1.10 bits per heavy atom. The minimum atomic E-state index is 0.378. The van der Waals surface area contributed by atoms with E-state index in [0.29, 0.717) is 58.7 Å². The predicted molar refractivity (Wildman–Crippen MR) is 162 cm³/mol. The van der Waals surface area contributed by atoms with Gasteiger partial charge in [-0.05, 0) is 39.1 Å². The summed E-state index contributed by atoms with van der Waals surface area (Å²) in [5.74, 6) is 1.44. The Balaban J connectivity index is 1.30. The van der Waals surface area contributed by atoms with Crippen molar-refractivity contribution in [2.45, 2.75) is 24.9 Å². The second kappa shape index (κ2) is 10.5. The van der Waals surface area contributed by atoms with Crippen molar-refractivity contribution in [2.24, 2.45) is 0 Å². The molecule has 2 fully saturated rings. The Morgan fingerprint density at radius 2 is 1.93 bits per heavy atom. The monoisotopic (exact) mass is 564 g/mol. The molecule has 1 saturated carbocycles. The van der Waals surface area contributed by atoms with Crippen LogP contribution in [0.2, 0.25) is 0 Å². The van der Waals surface area contributed by atoms with Crippen LogP contribution in [-0.2, 0) is 4.79 Å². The summed E-state index contributed by atoms with van der Waals surface area (Å²) >= 11 is 0. The molecule has 1 aliphatic heterocycles. The van der Waals surface area contributed by atoms with Crippen molar-refractivity contribution in [2.75, 3.05) is 49.8 Å². The van der Waals surface area contributed by atoms with Gasteiger partial charge >= 0.3 is 0 Å². The Bertz CT molecular complexity index is 1750. The number of hydrogen-bond acceptors (Lipinski definition) is 9. The first-order valence-electron chi connectivity index (χ1n) is 14.0. The molecule has 2 aromatic carbocycles. The van der Waals surface area contributed by atoms with Gasteiger partial charge in [-0.15, -0.1) is 0 Å². The maximum Gasteiger partial charge on any atom is 0.229 e. The van der Waals surface area contributed by atoms with Gasteiger partial charge in [-0.25, -0.2) is 15.0 Å². The van der Waals surface area contributed by atoms with Crippen LogP contribution in [-0.4, -0.2) is 71.2 Å². The van der Waals surface area contributed by atoms with E-state index in [1.807, 2.05) is 18.2 Å². The van der Waals surface area contributed by atoms with Crippen molar-refractivity contribution < 1.29 is 13.9 Å². The largest absolute Gasteiger partial charge is 0.494 e. The second-order valence-corrected chi connectivity index (χ2v) is 11.0. The van der Waals surface area contributed by atoms with Gasteiger partial charge in [0.05, 0.1) is 41.6 Å². The predicted octanol–water partition coefficient (Wildman–Crippen LogP) is 5.16. The van der Waals surface area contributed by atoms with Crippen LogP contribution in [0.4, 0.5) is 23.0 Å². The number of anilines is 4. The highest BCUT2D eigenvalue weighted by atomic mass is 16.5. The summed E-state index contributed by atoms with van der Waals surface area (Å²) in [6.07, 6.45) is 10.1. The summed E-state index contributed by atoms with van der Waals surface area (Å²) in [5.41, 5.74) is 5.77. The van der Waals surface area contributed by atoms with Crippen LogP contribution in [0, 0.1) is 0 Å². The fraction of sp³-hybridized carbons (Fsp3) is 0.290. The average molecular weight is 565 g/mol. The molecule has 1 amide bonds. The Hall–Kier alpha value is -4.90. The van der Waals surface area contributed by atoms with Gasteiger partial charge in [0.25, 0.3) is 0 Å². The Kier molecular flexibility index (Phi) is 6.50. The summed E-state index contributed by atoms with van der Waals surface area (Å²) in [6, 6.07) is 13.1. The molecule has 2 N–H and O–H groups in total. The van der Waals surface area contributed by atoms with Crippen LogP contribution in [0.5, 0.6) is 5.75 Å². The van der Waals surface area contributed by atoms with E-state index in [1.54, 1.807) is 25.8 Å². The van der Waals surface area contributed by atoms with E-state index in [9.17, 15) is 4.79 Å². The number of hydrogen-bond donors (Lipinski definition) is 2. The molecule has 1 saturated heterocycles. The zero-order valence-electron chi connectivity index (χ0n) is 23.7. The topological polar surface area (TPSA) is 114 Å². The lowest BCUT2D eigenvalue weighted by atomic mass is 10.1. The van der Waals surface area contributed by atoms with Crippen molar-refractivity contribution in [3.05, 3.63) is 61.3 Å². The van der Waals surface area contributed by atoms with Crippen molar-refractivity contribution in [3.63, 3.8) is 0 Å². The van der Waals surface area contributed by atoms with E-state index in [-0.39, 0.29) is 0 Å². The first kappa shape index (κ1) is 26.0. The standard InChI is InChI=1S/C31H32N8O3/c1-37(2)20-15-38(16-20)27-13-28(41-3)25(12-24(27)34-18-40)35-31-33-14-22(30-32-10-11-42-30)29(36-31)23-17-39(19-8-9-19)26-7-5-4-6-21(23)26/h4-7,10-14,17-20H,8-9,15-16H2,1-3H3,(H,34,40)(H,33,35,36). The van der Waals surface area contributed by atoms with E-state index in [1.165, 1.54) is 18.4 Å². The van der Waals surface area contributed by atoms with Crippen molar-refractivity contribution in [3.8, 4) is 28.5 Å². The number of likely N-dealkylation sites (N-methyl/N-ethyl adjacent to an activating group) is 1. The third-order valence-corrected chi connectivity index (χ3v) is 8.10. The molecule has 2 aliphatic rings. The number of ether oxygens (including phenoxy) is 1. The molecule has 7 rings (SSSR count). The lowest BCUT2D eigenvalue weighted by Gasteiger charge is -2.45. The zero-order valence-corrected chi connectivity index (χ0v) is 23.7. The number of aromatic nitrogens is 4. The number of carbonyl (C=O) groups is 1. The first-order valence-corrected chi connectivity index (χ1v) is 14.0. The number of nitrogens with zero attached hydrogens (tertiary/aromatic N) is 6. The third kappa shape index (κ3) is 4.61. The van der Waals surface area contributed by atoms with Crippen molar-refractivity contribution in [1.29, 1.82) is 0 Å². The second-order valence-electron chi connectivity index (χ2n) is 11.0. The molecule has 3 aromatic heterocycles. The number of benzene rings is 2. The Labute approximate surface area is 243 Å². The number of para-hydroxylation sites is 1. The van der Waals surface area contributed by atoms with Gasteiger partial charge in [0.1, 0.15) is 12.0 Å². The van der Waals surface area contributed by atoms with E-state index in [2.05, 4.69) is 73.5 Å². The summed E-state index contributed by atoms with van der Waals surface area (Å²) in [5, 5.41) is 7.30. The van der Waals surface area contributed by atoms with Gasteiger partial charge in [0.15, 0.2) is 0 Å². The van der Waals surface area contributed by atoms with Gasteiger partial charge in [-0.3, -0.25) is 4.79 Å². The summed E-state index contributed by atoms with van der Waals surface area (Å²) in [4.78, 5) is 30.0. The molecular weight excluding hydrogens is 532 g/mol. The molecule has 214 valence electrons. The molecule has 4 heterocycles. The van der Waals surface area contributed by atoms with Crippen LogP contribution >= 0.6 is 0 Å². The van der Waals surface area contributed by atoms with Crippen molar-refractivity contribution in [1.82, 2.24) is 24.4 Å². The van der Waals surface area contributed by atoms with Crippen LogP contribution in [0.3, 0.4) is 0 Å². The zero-order chi connectivity index (χ0) is 28.8. The van der Waals surface area contributed by atoms with Gasteiger partial charge < -0.3 is 34.2 Å². The molecule has 5 aromatic rings. The smallest absolute Gasteiger partial charge is 0.229 e. The van der Waals surface area contributed by atoms with Crippen LogP contribution < -0.4 is 20.3 Å². The molecular formula is C31H32N8O3. The molecule has 0 bridgehead atoms. The lowest BCUT2D eigenvalue weighted by Crippen LogP contribution is -2.57. The lowest BCUT2D eigenvalue weighted by molar-refractivity contribution is -0.105. The van der Waals surface area contributed by atoms with Crippen LogP contribution in [0.25, 0.3) is 33.6 Å². The van der Waals surface area contributed by atoms with E-state index in [0.717, 1.165) is 29.7 Å². The minimum Gasteiger partial charge on any atom is -0.494 e. The number of nitrogens with one attached hydrogen (secondary N) is 2. The molecule has 0 unspecified atom stereocenters. The van der Waals surface area contributed by atoms with Gasteiger partial charge in [0, 0.05) is 60.1 Å². The van der Waals surface area contributed by atoms with Gasteiger partial charge in [0.2, 0.25) is 18.2 Å². The van der Waals surface area contributed by atoms with E-state index >= 15 is 0 Å². The highest BCUT2D eigenvalue weighted by Crippen LogP contribution is 2.44. The van der Waals surface area contributed by atoms with Gasteiger partial charge in [-0.2, -0.15) is 0 Å². The van der Waals surface area contributed by atoms with Crippen molar-refractivity contribution >= 4 is 40.3 Å². The highest BCUT2D eigenvalue weighted by Gasteiger charge is 2.31. The molecule has 1 aliphatic carbocycles.